The zero-order chi connectivity index (χ0) is 20.1. The van der Waals surface area contributed by atoms with Crippen molar-refractivity contribution < 1.29 is 14.8 Å². The molecule has 0 unspecified atom stereocenters. The summed E-state index contributed by atoms with van der Waals surface area (Å²) in [6.07, 6.45) is 5.87. The molecule has 3 aliphatic rings. The molecule has 0 aromatic heterocycles. The minimum atomic E-state index is -0.304. The lowest BCUT2D eigenvalue weighted by Crippen LogP contribution is -2.43. The monoisotopic (exact) mass is 388 g/mol. The number of nitrogens with zero attached hydrogens (tertiary/aromatic N) is 2. The summed E-state index contributed by atoms with van der Waals surface area (Å²) in [5, 5.41) is 22.3. The van der Waals surface area contributed by atoms with Gasteiger partial charge < -0.3 is 14.7 Å². The first-order valence-electron chi connectivity index (χ1n) is 10.6. The molecule has 5 atom stereocenters. The van der Waals surface area contributed by atoms with Gasteiger partial charge in [-0.2, -0.15) is 0 Å². The molecule has 0 saturated heterocycles. The maximum absolute atomic E-state index is 11.7. The van der Waals surface area contributed by atoms with Crippen LogP contribution in [-0.2, 0) is 6.42 Å². The lowest BCUT2D eigenvalue weighted by atomic mass is 9.55. The predicted octanol–water partition coefficient (Wildman–Crippen LogP) is 3.75. The van der Waals surface area contributed by atoms with Gasteiger partial charge in [-0.05, 0) is 93.0 Å². The number of benzene rings is 1. The standard InChI is InChI=1S/C22H32N2O4/c1-22-9-8-15-16(18(22)6-7-21(22)25)5-4-14-12-20(28-11-10-23(2)3)19(24(26)27)13-17(14)15/h12-13,15-16,18,21,25H,4-11H2,1-3H3/t15-,16+,18-,21-,22-/m0/s1. The van der Waals surface area contributed by atoms with Crippen LogP contribution in [-0.4, -0.2) is 48.3 Å². The van der Waals surface area contributed by atoms with E-state index in [1.165, 1.54) is 5.56 Å². The molecular weight excluding hydrogens is 356 g/mol. The number of hydrogen-bond acceptors (Lipinski definition) is 5. The summed E-state index contributed by atoms with van der Waals surface area (Å²) in [6.45, 7) is 3.42. The number of aliphatic hydroxyl groups is 1. The number of hydrogen-bond donors (Lipinski definition) is 1. The summed E-state index contributed by atoms with van der Waals surface area (Å²) in [6, 6.07) is 3.72. The van der Waals surface area contributed by atoms with Crippen LogP contribution in [0.15, 0.2) is 12.1 Å². The summed E-state index contributed by atoms with van der Waals surface area (Å²) in [4.78, 5) is 13.4. The fraction of sp³-hybridized carbons (Fsp3) is 0.727. The first-order chi connectivity index (χ1) is 13.3. The van der Waals surface area contributed by atoms with Gasteiger partial charge in [0.25, 0.3) is 0 Å². The zero-order valence-corrected chi connectivity index (χ0v) is 17.2. The minimum absolute atomic E-state index is 0.0276. The number of aliphatic hydroxyl groups excluding tert-OH is 1. The number of aryl methyl sites for hydroxylation is 1. The Balaban J connectivity index is 1.63. The van der Waals surface area contributed by atoms with Gasteiger partial charge in [0.2, 0.25) is 0 Å². The van der Waals surface area contributed by atoms with Crippen LogP contribution in [0.1, 0.15) is 56.1 Å². The second-order valence-electron chi connectivity index (χ2n) is 9.48. The van der Waals surface area contributed by atoms with E-state index in [0.717, 1.165) is 50.6 Å². The highest BCUT2D eigenvalue weighted by Crippen LogP contribution is 2.61. The highest BCUT2D eigenvalue weighted by Gasteiger charge is 2.54. The SMILES string of the molecule is CN(C)CCOc1cc2c(cc1[N+](=O)[O-])[C@H]1CC[C@]3(C)[C@@H](O)CC[C@H]3[C@@H]1CC2. The fourth-order valence-electron chi connectivity index (χ4n) is 6.16. The van der Waals surface area contributed by atoms with Gasteiger partial charge in [0.15, 0.2) is 5.75 Å². The number of likely N-dealkylation sites (N-methyl/N-ethyl adjacent to an activating group) is 1. The van der Waals surface area contributed by atoms with Crippen molar-refractivity contribution in [2.45, 2.75) is 57.5 Å². The van der Waals surface area contributed by atoms with Crippen molar-refractivity contribution in [1.29, 1.82) is 0 Å². The Morgan fingerprint density at radius 1 is 1.29 bits per heavy atom. The molecular formula is C22H32N2O4. The van der Waals surface area contributed by atoms with E-state index in [-0.39, 0.29) is 22.1 Å². The van der Waals surface area contributed by atoms with E-state index in [9.17, 15) is 15.2 Å². The molecule has 2 saturated carbocycles. The van der Waals surface area contributed by atoms with Crippen LogP contribution in [0.25, 0.3) is 0 Å². The fourth-order valence-corrected chi connectivity index (χ4v) is 6.16. The van der Waals surface area contributed by atoms with Crippen molar-refractivity contribution in [2.24, 2.45) is 17.3 Å². The predicted molar refractivity (Wildman–Crippen MR) is 108 cm³/mol. The van der Waals surface area contributed by atoms with Crippen LogP contribution in [0.3, 0.4) is 0 Å². The molecule has 154 valence electrons. The molecule has 1 aromatic carbocycles. The molecule has 0 amide bonds. The Kier molecular flexibility index (Phi) is 5.12. The molecule has 3 aliphatic carbocycles. The third kappa shape index (κ3) is 3.20. The van der Waals surface area contributed by atoms with Gasteiger partial charge in [-0.25, -0.2) is 0 Å². The van der Waals surface area contributed by atoms with Crippen molar-refractivity contribution >= 4 is 5.69 Å². The molecule has 0 bridgehead atoms. The van der Waals surface area contributed by atoms with Crippen LogP contribution in [0, 0.1) is 27.4 Å². The molecule has 6 heteroatoms. The van der Waals surface area contributed by atoms with E-state index < -0.39 is 0 Å². The number of ether oxygens (including phenoxy) is 1. The summed E-state index contributed by atoms with van der Waals surface area (Å²) in [5.74, 6) is 1.84. The average Bonchev–Trinajstić information content (AvgIpc) is 2.95. The molecule has 1 N–H and O–H groups in total. The third-order valence-corrected chi connectivity index (χ3v) is 7.75. The van der Waals surface area contributed by atoms with Crippen molar-refractivity contribution in [1.82, 2.24) is 4.90 Å². The Morgan fingerprint density at radius 2 is 2.07 bits per heavy atom. The molecule has 4 rings (SSSR count). The molecule has 0 aliphatic heterocycles. The Bertz CT molecular complexity index is 765. The highest BCUT2D eigenvalue weighted by molar-refractivity contribution is 5.54. The van der Waals surface area contributed by atoms with Crippen LogP contribution in [0.2, 0.25) is 0 Å². The van der Waals surface area contributed by atoms with Gasteiger partial charge in [0.1, 0.15) is 6.61 Å². The molecule has 0 radical (unpaired) electrons. The van der Waals surface area contributed by atoms with E-state index in [1.807, 2.05) is 25.1 Å². The number of nitro groups is 1. The second kappa shape index (κ2) is 7.30. The van der Waals surface area contributed by atoms with E-state index in [2.05, 4.69) is 6.92 Å². The topological polar surface area (TPSA) is 75.8 Å². The highest BCUT2D eigenvalue weighted by atomic mass is 16.6. The van der Waals surface area contributed by atoms with Crippen LogP contribution in [0.4, 0.5) is 5.69 Å². The van der Waals surface area contributed by atoms with Crippen LogP contribution < -0.4 is 4.74 Å². The Labute approximate surface area is 167 Å². The first-order valence-corrected chi connectivity index (χ1v) is 10.6. The molecule has 2 fully saturated rings. The summed E-state index contributed by atoms with van der Waals surface area (Å²) >= 11 is 0. The van der Waals surface area contributed by atoms with Crippen molar-refractivity contribution in [3.05, 3.63) is 33.4 Å². The summed E-state index contributed by atoms with van der Waals surface area (Å²) < 4.78 is 5.79. The Hall–Kier alpha value is -1.66. The van der Waals surface area contributed by atoms with Gasteiger partial charge in [0.05, 0.1) is 11.0 Å². The van der Waals surface area contributed by atoms with Crippen molar-refractivity contribution in [3.8, 4) is 5.75 Å². The van der Waals surface area contributed by atoms with Gasteiger partial charge in [-0.3, -0.25) is 10.1 Å². The van der Waals surface area contributed by atoms with E-state index in [4.69, 9.17) is 4.74 Å². The average molecular weight is 389 g/mol. The molecule has 0 spiro atoms. The minimum Gasteiger partial charge on any atom is -0.485 e. The van der Waals surface area contributed by atoms with Gasteiger partial charge in [-0.15, -0.1) is 0 Å². The van der Waals surface area contributed by atoms with E-state index in [1.54, 1.807) is 6.07 Å². The normalized spacial score (nSPS) is 33.9. The van der Waals surface area contributed by atoms with Crippen LogP contribution in [0.5, 0.6) is 5.75 Å². The quantitative estimate of drug-likeness (QED) is 0.614. The number of nitro benzene ring substituents is 1. The molecule has 0 heterocycles. The molecule has 1 aromatic rings. The third-order valence-electron chi connectivity index (χ3n) is 7.75. The van der Waals surface area contributed by atoms with Crippen molar-refractivity contribution in [2.75, 3.05) is 27.2 Å². The molecule has 6 nitrogen and oxygen atoms in total. The summed E-state index contributed by atoms with van der Waals surface area (Å²) in [5.41, 5.74) is 2.50. The molecule has 28 heavy (non-hydrogen) atoms. The first kappa shape index (κ1) is 19.6. The van der Waals surface area contributed by atoms with Crippen molar-refractivity contribution in [3.63, 3.8) is 0 Å². The van der Waals surface area contributed by atoms with Gasteiger partial charge >= 0.3 is 5.69 Å². The van der Waals surface area contributed by atoms with E-state index >= 15 is 0 Å². The number of fused-ring (bicyclic) bond motifs is 5. The summed E-state index contributed by atoms with van der Waals surface area (Å²) in [7, 11) is 3.92. The van der Waals surface area contributed by atoms with Gasteiger partial charge in [0, 0.05) is 12.6 Å². The maximum atomic E-state index is 11.7. The number of rotatable bonds is 5. The van der Waals surface area contributed by atoms with Crippen LogP contribution >= 0.6 is 0 Å². The second-order valence-corrected chi connectivity index (χ2v) is 9.48. The largest absolute Gasteiger partial charge is 0.485 e. The lowest BCUT2D eigenvalue weighted by molar-refractivity contribution is -0.386. The lowest BCUT2D eigenvalue weighted by Gasteiger charge is -2.50. The maximum Gasteiger partial charge on any atom is 0.311 e. The Morgan fingerprint density at radius 3 is 2.79 bits per heavy atom. The van der Waals surface area contributed by atoms with Gasteiger partial charge in [-0.1, -0.05) is 6.92 Å². The van der Waals surface area contributed by atoms with E-state index in [0.29, 0.717) is 30.1 Å². The smallest absolute Gasteiger partial charge is 0.311 e. The zero-order valence-electron chi connectivity index (χ0n) is 17.2.